The van der Waals surface area contributed by atoms with Crippen LogP contribution in [0.2, 0.25) is 5.02 Å². The van der Waals surface area contributed by atoms with Crippen molar-refractivity contribution in [3.63, 3.8) is 0 Å². The molecule has 0 fully saturated rings. The summed E-state index contributed by atoms with van der Waals surface area (Å²) in [6, 6.07) is 20.7. The molecule has 0 aliphatic carbocycles. The van der Waals surface area contributed by atoms with Crippen molar-refractivity contribution >= 4 is 39.2 Å². The fraction of sp³-hybridized carbons (Fsp3) is 0.130. The highest BCUT2D eigenvalue weighted by molar-refractivity contribution is 7.89. The van der Waals surface area contributed by atoms with Crippen molar-refractivity contribution < 1.29 is 23.1 Å². The van der Waals surface area contributed by atoms with Crippen LogP contribution in [-0.4, -0.2) is 31.4 Å². The van der Waals surface area contributed by atoms with E-state index in [0.717, 1.165) is 11.1 Å². The molecule has 3 aromatic rings. The van der Waals surface area contributed by atoms with Gasteiger partial charge in [-0.05, 0) is 41.8 Å². The molecule has 0 aliphatic rings. The van der Waals surface area contributed by atoms with Gasteiger partial charge >= 0.3 is 5.97 Å². The maximum Gasteiger partial charge on any atom is 0.321 e. The average Bonchev–Trinajstić information content (AvgIpc) is 2.78. The highest BCUT2D eigenvalue weighted by Gasteiger charge is 2.26. The van der Waals surface area contributed by atoms with Gasteiger partial charge in [-0.25, -0.2) is 8.42 Å². The molecule has 0 unspecified atom stereocenters. The molecule has 0 aliphatic heterocycles. The van der Waals surface area contributed by atoms with Gasteiger partial charge in [0, 0.05) is 6.42 Å². The zero-order chi connectivity index (χ0) is 23.1. The molecule has 166 valence electrons. The van der Waals surface area contributed by atoms with Crippen LogP contribution in [0, 0.1) is 0 Å². The number of rotatable bonds is 9. The van der Waals surface area contributed by atoms with Gasteiger partial charge in [0.1, 0.15) is 6.04 Å². The summed E-state index contributed by atoms with van der Waals surface area (Å²) in [5.41, 5.74) is 2.15. The number of carboxylic acid groups (broad SMARTS) is 1. The Kier molecular flexibility index (Phi) is 7.63. The van der Waals surface area contributed by atoms with Crippen molar-refractivity contribution in [2.24, 2.45) is 0 Å². The summed E-state index contributed by atoms with van der Waals surface area (Å²) in [7, 11) is -4.10. The first-order valence-electron chi connectivity index (χ1n) is 9.71. The first-order valence-corrected chi connectivity index (χ1v) is 11.6. The second-order valence-corrected chi connectivity index (χ2v) is 9.09. The van der Waals surface area contributed by atoms with Gasteiger partial charge in [-0.1, -0.05) is 66.2 Å². The fourth-order valence-corrected chi connectivity index (χ4v) is 4.40. The van der Waals surface area contributed by atoms with Gasteiger partial charge in [0.25, 0.3) is 0 Å². The minimum atomic E-state index is -4.10. The number of halogens is 1. The number of carbonyl (C=O) groups excluding carboxylic acids is 1. The van der Waals surface area contributed by atoms with Crippen LogP contribution in [0.1, 0.15) is 12.8 Å². The molecule has 3 N–H and O–H groups in total. The van der Waals surface area contributed by atoms with Crippen LogP contribution in [0.5, 0.6) is 0 Å². The molecular weight excluding hydrogens is 452 g/mol. The van der Waals surface area contributed by atoms with E-state index in [2.05, 4.69) is 10.0 Å². The second-order valence-electron chi connectivity index (χ2n) is 6.97. The van der Waals surface area contributed by atoms with Crippen molar-refractivity contribution in [1.29, 1.82) is 0 Å². The lowest BCUT2D eigenvalue weighted by atomic mass is 10.1. The molecule has 0 saturated heterocycles. The van der Waals surface area contributed by atoms with E-state index in [-0.39, 0.29) is 17.7 Å². The maximum atomic E-state index is 12.7. The Hall–Kier alpha value is -3.20. The van der Waals surface area contributed by atoms with Gasteiger partial charge in [-0.2, -0.15) is 4.72 Å². The Bertz CT molecular complexity index is 1200. The molecule has 3 rings (SSSR count). The summed E-state index contributed by atoms with van der Waals surface area (Å²) in [5.74, 6) is -1.85. The van der Waals surface area contributed by atoms with Crippen LogP contribution >= 0.6 is 11.6 Å². The highest BCUT2D eigenvalue weighted by Crippen LogP contribution is 2.22. The smallest absolute Gasteiger partial charge is 0.321 e. The third-order valence-electron chi connectivity index (χ3n) is 4.68. The number of hydrogen-bond donors (Lipinski definition) is 3. The minimum absolute atomic E-state index is 0.0658. The summed E-state index contributed by atoms with van der Waals surface area (Å²) in [5, 5.41) is 12.4. The lowest BCUT2D eigenvalue weighted by molar-refractivity contribution is -0.139. The second kappa shape index (κ2) is 10.4. The Morgan fingerprint density at radius 2 is 1.47 bits per heavy atom. The fourth-order valence-electron chi connectivity index (χ4n) is 3.00. The van der Waals surface area contributed by atoms with Crippen LogP contribution in [0.4, 0.5) is 5.69 Å². The maximum absolute atomic E-state index is 12.7. The number of amides is 1. The molecule has 1 amide bonds. The van der Waals surface area contributed by atoms with Gasteiger partial charge in [-0.15, -0.1) is 0 Å². The van der Waals surface area contributed by atoms with Crippen LogP contribution in [0.25, 0.3) is 11.1 Å². The molecule has 0 spiro atoms. The summed E-state index contributed by atoms with van der Waals surface area (Å²) in [6.07, 6.45) is -0.440. The van der Waals surface area contributed by atoms with Crippen molar-refractivity contribution in [2.45, 2.75) is 23.8 Å². The largest absolute Gasteiger partial charge is 0.480 e. The number of sulfonamides is 1. The SMILES string of the molecule is O=C(CC[C@H](NS(=O)(=O)c1ccc(-c2ccccc2)cc1)C(=O)O)Nc1ccccc1Cl. The standard InChI is InChI=1S/C23H21ClN2O5S/c24-19-8-4-5-9-20(19)25-22(27)15-14-21(23(28)29)26-32(30,31)18-12-10-17(11-13-18)16-6-2-1-3-7-16/h1-13,21,26H,14-15H2,(H,25,27)(H,28,29)/t21-/m0/s1. The van der Waals surface area contributed by atoms with Gasteiger partial charge in [0.05, 0.1) is 15.6 Å². The first-order chi connectivity index (χ1) is 15.3. The van der Waals surface area contributed by atoms with Crippen molar-refractivity contribution in [3.8, 4) is 11.1 Å². The number of aliphatic carboxylic acids is 1. The predicted molar refractivity (Wildman–Crippen MR) is 123 cm³/mol. The van der Waals surface area contributed by atoms with Crippen LogP contribution < -0.4 is 10.0 Å². The number of carbonyl (C=O) groups is 2. The van der Waals surface area contributed by atoms with Crippen molar-refractivity contribution in [3.05, 3.63) is 83.9 Å². The van der Waals surface area contributed by atoms with Gasteiger partial charge < -0.3 is 10.4 Å². The molecule has 0 bridgehead atoms. The Morgan fingerprint density at radius 3 is 2.09 bits per heavy atom. The molecule has 0 radical (unpaired) electrons. The number of hydrogen-bond acceptors (Lipinski definition) is 4. The van der Waals surface area contributed by atoms with Gasteiger partial charge in [0.15, 0.2) is 0 Å². The van der Waals surface area contributed by atoms with E-state index in [0.29, 0.717) is 10.7 Å². The van der Waals surface area contributed by atoms with Crippen LogP contribution in [0.3, 0.4) is 0 Å². The van der Waals surface area contributed by atoms with Gasteiger partial charge in [0.2, 0.25) is 15.9 Å². The van der Waals surface area contributed by atoms with E-state index in [4.69, 9.17) is 11.6 Å². The zero-order valence-corrected chi connectivity index (χ0v) is 18.4. The van der Waals surface area contributed by atoms with E-state index in [9.17, 15) is 23.1 Å². The third kappa shape index (κ3) is 6.16. The van der Waals surface area contributed by atoms with Crippen molar-refractivity contribution in [1.82, 2.24) is 4.72 Å². The lowest BCUT2D eigenvalue weighted by Crippen LogP contribution is -2.41. The van der Waals surface area contributed by atoms with E-state index in [1.807, 2.05) is 30.3 Å². The monoisotopic (exact) mass is 472 g/mol. The molecule has 0 heterocycles. The Morgan fingerprint density at radius 1 is 0.875 bits per heavy atom. The number of nitrogens with one attached hydrogen (secondary N) is 2. The van der Waals surface area contributed by atoms with Crippen molar-refractivity contribution in [2.75, 3.05) is 5.32 Å². The molecule has 32 heavy (non-hydrogen) atoms. The summed E-state index contributed by atoms with van der Waals surface area (Å²) in [6.45, 7) is 0. The third-order valence-corrected chi connectivity index (χ3v) is 6.49. The Balaban J connectivity index is 1.65. The lowest BCUT2D eigenvalue weighted by Gasteiger charge is -2.15. The number of para-hydroxylation sites is 1. The minimum Gasteiger partial charge on any atom is -0.480 e. The average molecular weight is 473 g/mol. The topological polar surface area (TPSA) is 113 Å². The van der Waals surface area contributed by atoms with Gasteiger partial charge in [-0.3, -0.25) is 9.59 Å². The van der Waals surface area contributed by atoms with E-state index in [1.165, 1.54) is 12.1 Å². The van der Waals surface area contributed by atoms with E-state index >= 15 is 0 Å². The molecule has 0 aromatic heterocycles. The van der Waals surface area contributed by atoms with E-state index in [1.54, 1.807) is 36.4 Å². The first kappa shape index (κ1) is 23.5. The summed E-state index contributed by atoms with van der Waals surface area (Å²) < 4.78 is 27.5. The molecule has 3 aromatic carbocycles. The quantitative estimate of drug-likeness (QED) is 0.433. The summed E-state index contributed by atoms with van der Waals surface area (Å²) in [4.78, 5) is 23.7. The summed E-state index contributed by atoms with van der Waals surface area (Å²) >= 11 is 5.99. The number of anilines is 1. The molecule has 0 saturated carbocycles. The molecule has 1 atom stereocenters. The number of carboxylic acids is 1. The van der Waals surface area contributed by atoms with E-state index < -0.39 is 27.9 Å². The molecular formula is C23H21ClN2O5S. The highest BCUT2D eigenvalue weighted by atomic mass is 35.5. The zero-order valence-electron chi connectivity index (χ0n) is 16.9. The number of benzene rings is 3. The molecule has 9 heteroatoms. The van der Waals surface area contributed by atoms with Crippen LogP contribution in [-0.2, 0) is 19.6 Å². The Labute approximate surface area is 191 Å². The predicted octanol–water partition coefficient (Wildman–Crippen LogP) is 4.16. The normalized spacial score (nSPS) is 12.2. The molecule has 7 nitrogen and oxygen atoms in total. The van der Waals surface area contributed by atoms with Crippen LogP contribution in [0.15, 0.2) is 83.8 Å².